The van der Waals surface area contributed by atoms with Crippen molar-refractivity contribution < 1.29 is 29.4 Å². The lowest BCUT2D eigenvalue weighted by Crippen LogP contribution is -2.41. The fraction of sp³-hybridized carbons (Fsp3) is 0.733. The van der Waals surface area contributed by atoms with Gasteiger partial charge in [0.15, 0.2) is 0 Å². The second-order valence-electron chi connectivity index (χ2n) is 6.02. The zero-order chi connectivity index (χ0) is 17.0. The van der Waals surface area contributed by atoms with Gasteiger partial charge < -0.3 is 20.0 Å². The number of carboxylic acid groups (broad SMARTS) is 2. The zero-order valence-corrected chi connectivity index (χ0v) is 12.9. The minimum Gasteiger partial charge on any atom is -0.480 e. The summed E-state index contributed by atoms with van der Waals surface area (Å²) in [5.74, 6) is -2.49. The highest BCUT2D eigenvalue weighted by Gasteiger charge is 2.35. The van der Waals surface area contributed by atoms with Gasteiger partial charge in [-0.2, -0.15) is 0 Å². The van der Waals surface area contributed by atoms with Crippen LogP contribution in [0.2, 0.25) is 0 Å². The fourth-order valence-electron chi connectivity index (χ4n) is 3.32. The number of nitrogens with zero attached hydrogens (tertiary/aromatic N) is 2. The van der Waals surface area contributed by atoms with Crippen LogP contribution in [-0.4, -0.2) is 68.9 Å². The number of hydrogen-bond acceptors (Lipinski definition) is 4. The van der Waals surface area contributed by atoms with E-state index in [1.165, 1.54) is 9.80 Å². The smallest absolute Gasteiger partial charge is 0.326 e. The van der Waals surface area contributed by atoms with E-state index in [9.17, 15) is 19.2 Å². The molecule has 0 spiro atoms. The molecular formula is C15H22N2O6. The standard InChI is InChI=1S/C15H22N2O6/c18-12(16-8-2-4-10(16)14(20)21)6-1-7-13(19)17-9-3-5-11(17)15(22)23/h10-11H,1-9H2,(H,20,21)(H,22,23)/t10-,11-/m1/s1. The van der Waals surface area contributed by atoms with Gasteiger partial charge in [0, 0.05) is 25.9 Å². The molecule has 0 aromatic heterocycles. The Balaban J connectivity index is 1.78. The van der Waals surface area contributed by atoms with E-state index >= 15 is 0 Å². The molecule has 0 radical (unpaired) electrons. The summed E-state index contributed by atoms with van der Waals surface area (Å²) in [6, 6.07) is -1.51. The number of hydrogen-bond donors (Lipinski definition) is 2. The Hall–Kier alpha value is -2.12. The molecule has 2 saturated heterocycles. The monoisotopic (exact) mass is 326 g/mol. The number of carbonyl (C=O) groups is 4. The van der Waals surface area contributed by atoms with Gasteiger partial charge in [0.2, 0.25) is 11.8 Å². The van der Waals surface area contributed by atoms with Crippen LogP contribution in [0.25, 0.3) is 0 Å². The predicted molar refractivity (Wildman–Crippen MR) is 78.6 cm³/mol. The van der Waals surface area contributed by atoms with E-state index in [1.807, 2.05) is 0 Å². The Morgan fingerprint density at radius 1 is 0.783 bits per heavy atom. The van der Waals surface area contributed by atoms with E-state index < -0.39 is 24.0 Å². The van der Waals surface area contributed by atoms with Gasteiger partial charge in [0.25, 0.3) is 0 Å². The summed E-state index contributed by atoms with van der Waals surface area (Å²) in [6.07, 6.45) is 2.82. The van der Waals surface area contributed by atoms with Gasteiger partial charge in [0.05, 0.1) is 0 Å². The van der Waals surface area contributed by atoms with E-state index in [1.54, 1.807) is 0 Å². The number of likely N-dealkylation sites (tertiary alicyclic amines) is 2. The molecule has 2 heterocycles. The third-order valence-electron chi connectivity index (χ3n) is 4.50. The van der Waals surface area contributed by atoms with Crippen molar-refractivity contribution in [3.05, 3.63) is 0 Å². The largest absolute Gasteiger partial charge is 0.480 e. The molecule has 8 nitrogen and oxygen atoms in total. The molecule has 2 aliphatic heterocycles. The predicted octanol–water partition coefficient (Wildman–Crippen LogP) is 0.308. The van der Waals surface area contributed by atoms with Crippen LogP contribution in [0.4, 0.5) is 0 Å². The molecule has 2 amide bonds. The average molecular weight is 326 g/mol. The second kappa shape index (κ2) is 7.43. The SMILES string of the molecule is O=C(O)[C@H]1CCCN1C(=O)CCCC(=O)N1CCC[C@@H]1C(=O)O. The zero-order valence-electron chi connectivity index (χ0n) is 12.9. The number of carbonyl (C=O) groups excluding carboxylic acids is 2. The van der Waals surface area contributed by atoms with E-state index in [4.69, 9.17) is 10.2 Å². The molecule has 2 aliphatic rings. The van der Waals surface area contributed by atoms with Crippen molar-refractivity contribution in [3.8, 4) is 0 Å². The van der Waals surface area contributed by atoms with Crippen molar-refractivity contribution in [2.45, 2.75) is 57.0 Å². The lowest BCUT2D eigenvalue weighted by Gasteiger charge is -2.23. The third-order valence-corrected chi connectivity index (χ3v) is 4.50. The lowest BCUT2D eigenvalue weighted by molar-refractivity contribution is -0.149. The van der Waals surface area contributed by atoms with E-state index in [0.717, 1.165) is 0 Å². The molecule has 23 heavy (non-hydrogen) atoms. The van der Waals surface area contributed by atoms with Gasteiger partial charge in [-0.05, 0) is 32.1 Å². The van der Waals surface area contributed by atoms with Crippen LogP contribution < -0.4 is 0 Å². The van der Waals surface area contributed by atoms with Crippen LogP contribution in [0.5, 0.6) is 0 Å². The van der Waals surface area contributed by atoms with Crippen LogP contribution in [0.1, 0.15) is 44.9 Å². The van der Waals surface area contributed by atoms with E-state index in [-0.39, 0.29) is 24.7 Å². The topological polar surface area (TPSA) is 115 Å². The van der Waals surface area contributed by atoms with Crippen molar-refractivity contribution in [1.29, 1.82) is 0 Å². The van der Waals surface area contributed by atoms with Crippen molar-refractivity contribution >= 4 is 23.8 Å². The van der Waals surface area contributed by atoms with Crippen molar-refractivity contribution in [3.63, 3.8) is 0 Å². The number of rotatable bonds is 6. The highest BCUT2D eigenvalue weighted by molar-refractivity contribution is 5.86. The molecule has 0 saturated carbocycles. The summed E-state index contributed by atoms with van der Waals surface area (Å²) in [6.45, 7) is 0.883. The maximum absolute atomic E-state index is 12.1. The first-order valence-electron chi connectivity index (χ1n) is 7.96. The van der Waals surface area contributed by atoms with Gasteiger partial charge in [-0.15, -0.1) is 0 Å². The first-order chi connectivity index (χ1) is 10.9. The normalized spacial score (nSPS) is 24.0. The van der Waals surface area contributed by atoms with Crippen molar-refractivity contribution in [2.24, 2.45) is 0 Å². The van der Waals surface area contributed by atoms with Gasteiger partial charge >= 0.3 is 11.9 Å². The van der Waals surface area contributed by atoms with Crippen molar-refractivity contribution in [2.75, 3.05) is 13.1 Å². The number of amides is 2. The Kier molecular flexibility index (Phi) is 5.57. The summed E-state index contributed by atoms with van der Waals surface area (Å²) in [7, 11) is 0. The van der Waals surface area contributed by atoms with Crippen LogP contribution in [0, 0.1) is 0 Å². The molecule has 0 aromatic rings. The Morgan fingerprint density at radius 2 is 1.17 bits per heavy atom. The molecule has 2 fully saturated rings. The molecule has 0 unspecified atom stereocenters. The van der Waals surface area contributed by atoms with Crippen LogP contribution in [0.15, 0.2) is 0 Å². The molecule has 2 rings (SSSR count). The molecule has 128 valence electrons. The first-order valence-corrected chi connectivity index (χ1v) is 7.96. The quantitative estimate of drug-likeness (QED) is 0.726. The molecule has 0 bridgehead atoms. The lowest BCUT2D eigenvalue weighted by atomic mass is 10.1. The van der Waals surface area contributed by atoms with Crippen LogP contribution in [-0.2, 0) is 19.2 Å². The Morgan fingerprint density at radius 3 is 1.52 bits per heavy atom. The summed E-state index contributed by atoms with van der Waals surface area (Å²) in [5, 5.41) is 18.1. The fourth-order valence-corrected chi connectivity index (χ4v) is 3.32. The molecule has 2 N–H and O–H groups in total. The van der Waals surface area contributed by atoms with Gasteiger partial charge in [-0.1, -0.05) is 0 Å². The van der Waals surface area contributed by atoms with E-state index in [2.05, 4.69) is 0 Å². The maximum Gasteiger partial charge on any atom is 0.326 e. The Bertz CT molecular complexity index is 462. The molecule has 0 aliphatic carbocycles. The van der Waals surface area contributed by atoms with Crippen LogP contribution >= 0.6 is 0 Å². The van der Waals surface area contributed by atoms with E-state index in [0.29, 0.717) is 45.2 Å². The average Bonchev–Trinajstić information content (AvgIpc) is 3.15. The summed E-state index contributed by atoms with van der Waals surface area (Å²) in [5.41, 5.74) is 0. The second-order valence-corrected chi connectivity index (χ2v) is 6.02. The van der Waals surface area contributed by atoms with Gasteiger partial charge in [-0.25, -0.2) is 9.59 Å². The third kappa shape index (κ3) is 4.00. The van der Waals surface area contributed by atoms with Crippen molar-refractivity contribution in [1.82, 2.24) is 9.80 Å². The molecular weight excluding hydrogens is 304 g/mol. The van der Waals surface area contributed by atoms with Gasteiger partial charge in [-0.3, -0.25) is 9.59 Å². The maximum atomic E-state index is 12.1. The number of carboxylic acids is 2. The Labute approximate surface area is 134 Å². The number of aliphatic carboxylic acids is 2. The van der Waals surface area contributed by atoms with Gasteiger partial charge in [0.1, 0.15) is 12.1 Å². The minimum atomic E-state index is -0.992. The highest BCUT2D eigenvalue weighted by atomic mass is 16.4. The summed E-state index contributed by atoms with van der Waals surface area (Å²) >= 11 is 0. The summed E-state index contributed by atoms with van der Waals surface area (Å²) < 4.78 is 0. The van der Waals surface area contributed by atoms with Crippen LogP contribution in [0.3, 0.4) is 0 Å². The summed E-state index contributed by atoms with van der Waals surface area (Å²) in [4.78, 5) is 49.0. The first kappa shape index (κ1) is 17.2. The molecule has 0 aromatic carbocycles. The molecule has 2 atom stereocenters. The highest BCUT2D eigenvalue weighted by Crippen LogP contribution is 2.21. The minimum absolute atomic E-state index is 0.112. The molecule has 8 heteroatoms.